The van der Waals surface area contributed by atoms with E-state index in [2.05, 4.69) is 5.48 Å². The Balaban J connectivity index is 3.31. The summed E-state index contributed by atoms with van der Waals surface area (Å²) in [5.74, 6) is -0.594. The number of carbonyl (C=O) groups is 1. The lowest BCUT2D eigenvalue weighted by Crippen LogP contribution is -2.47. The third-order valence-electron chi connectivity index (χ3n) is 3.41. The van der Waals surface area contributed by atoms with Crippen LogP contribution in [0.25, 0.3) is 0 Å². The number of carbonyl (C=O) groups excluding carboxylic acids is 1. The minimum atomic E-state index is -3.34. The van der Waals surface area contributed by atoms with E-state index in [1.807, 2.05) is 19.1 Å². The summed E-state index contributed by atoms with van der Waals surface area (Å²) in [4.78, 5) is 27.4. The van der Waals surface area contributed by atoms with E-state index in [1.165, 1.54) is 0 Å². The SMILES string of the molecule is CCc1ccccc1C(CC)(O[PH](=O)O)C(=O)NOC(C)(C)C. The van der Waals surface area contributed by atoms with E-state index in [4.69, 9.17) is 9.36 Å². The number of nitrogens with one attached hydrogen (secondary N) is 1. The highest BCUT2D eigenvalue weighted by atomic mass is 31.1. The monoisotopic (exact) mass is 343 g/mol. The normalized spacial score (nSPS) is 15.7. The first-order valence-electron chi connectivity index (χ1n) is 7.65. The van der Waals surface area contributed by atoms with E-state index < -0.39 is 25.4 Å². The maximum absolute atomic E-state index is 12.8. The second kappa shape index (κ2) is 8.06. The molecule has 6 nitrogen and oxygen atoms in total. The number of rotatable bonds is 7. The van der Waals surface area contributed by atoms with Gasteiger partial charge in [0.2, 0.25) is 0 Å². The van der Waals surface area contributed by atoms with Crippen LogP contribution in [-0.2, 0) is 30.7 Å². The molecule has 0 radical (unpaired) electrons. The van der Waals surface area contributed by atoms with E-state index in [1.54, 1.807) is 39.8 Å². The molecule has 2 unspecified atom stereocenters. The van der Waals surface area contributed by atoms with Crippen LogP contribution >= 0.6 is 8.25 Å². The summed E-state index contributed by atoms with van der Waals surface area (Å²) in [6.07, 6.45) is 0.862. The van der Waals surface area contributed by atoms with Crippen LogP contribution in [0.2, 0.25) is 0 Å². The van der Waals surface area contributed by atoms with Crippen LogP contribution < -0.4 is 5.48 Å². The molecule has 0 spiro atoms. The predicted molar refractivity (Wildman–Crippen MR) is 89.1 cm³/mol. The van der Waals surface area contributed by atoms with E-state index in [0.717, 1.165) is 5.56 Å². The largest absolute Gasteiger partial charge is 0.326 e. The first-order chi connectivity index (χ1) is 10.7. The average molecular weight is 343 g/mol. The Morgan fingerprint density at radius 3 is 2.35 bits per heavy atom. The Morgan fingerprint density at radius 2 is 1.87 bits per heavy atom. The smallest absolute Gasteiger partial charge is 0.317 e. The molecule has 0 saturated heterocycles. The summed E-state index contributed by atoms with van der Waals surface area (Å²) in [6, 6.07) is 7.24. The fourth-order valence-electron chi connectivity index (χ4n) is 2.30. The zero-order valence-electron chi connectivity index (χ0n) is 14.3. The lowest BCUT2D eigenvalue weighted by Gasteiger charge is -2.33. The van der Waals surface area contributed by atoms with Crippen LogP contribution in [0, 0.1) is 0 Å². The number of hydrogen-bond acceptors (Lipinski definition) is 4. The standard InChI is InChI=1S/C16H26NO5P/c1-6-12-10-8-9-11-13(12)16(7-2,22-23(19)20)14(18)17-21-15(3,4)5/h8-11,23H,6-7H2,1-5H3,(H,17,18)(H,19,20). The summed E-state index contributed by atoms with van der Waals surface area (Å²) in [5, 5.41) is 0. The number of aryl methyl sites for hydroxylation is 1. The number of amides is 1. The van der Waals surface area contributed by atoms with Crippen molar-refractivity contribution in [2.75, 3.05) is 0 Å². The molecule has 0 aliphatic rings. The van der Waals surface area contributed by atoms with Crippen molar-refractivity contribution in [3.63, 3.8) is 0 Å². The lowest BCUT2D eigenvalue weighted by atomic mass is 9.86. The molecule has 0 bridgehead atoms. The lowest BCUT2D eigenvalue weighted by molar-refractivity contribution is -0.163. The zero-order chi connectivity index (χ0) is 17.7. The highest BCUT2D eigenvalue weighted by Crippen LogP contribution is 2.39. The molecule has 7 heteroatoms. The van der Waals surface area contributed by atoms with Gasteiger partial charge in [-0.3, -0.25) is 18.7 Å². The molecular formula is C16H26NO5P. The molecular weight excluding hydrogens is 317 g/mol. The first-order valence-corrected chi connectivity index (χ1v) is 8.91. The fraction of sp³-hybridized carbons (Fsp3) is 0.562. The van der Waals surface area contributed by atoms with Gasteiger partial charge in [-0.05, 0) is 44.7 Å². The summed E-state index contributed by atoms with van der Waals surface area (Å²) < 4.78 is 16.6. The average Bonchev–Trinajstić information content (AvgIpc) is 2.49. The summed E-state index contributed by atoms with van der Waals surface area (Å²) in [7, 11) is -3.34. The molecule has 1 amide bonds. The van der Waals surface area contributed by atoms with Crippen LogP contribution in [-0.4, -0.2) is 16.4 Å². The molecule has 1 aromatic rings. The van der Waals surface area contributed by atoms with E-state index in [9.17, 15) is 14.3 Å². The third-order valence-corrected chi connectivity index (χ3v) is 3.93. The topological polar surface area (TPSA) is 84.9 Å². The summed E-state index contributed by atoms with van der Waals surface area (Å²) in [5.41, 5.74) is 1.67. The van der Waals surface area contributed by atoms with E-state index in [0.29, 0.717) is 12.0 Å². The van der Waals surface area contributed by atoms with Gasteiger partial charge in [-0.2, -0.15) is 0 Å². The minimum absolute atomic E-state index is 0.195. The quantitative estimate of drug-likeness (QED) is 0.587. The van der Waals surface area contributed by atoms with Gasteiger partial charge in [0.05, 0.1) is 5.60 Å². The van der Waals surface area contributed by atoms with E-state index >= 15 is 0 Å². The summed E-state index contributed by atoms with van der Waals surface area (Å²) in [6.45, 7) is 9.04. The molecule has 1 aromatic carbocycles. The maximum atomic E-state index is 12.8. The van der Waals surface area contributed by atoms with Crippen molar-refractivity contribution >= 4 is 14.2 Å². The van der Waals surface area contributed by atoms with Crippen molar-refractivity contribution in [2.45, 2.75) is 58.7 Å². The van der Waals surface area contributed by atoms with Gasteiger partial charge in [0, 0.05) is 0 Å². The maximum Gasteiger partial charge on any atom is 0.317 e. The minimum Gasteiger partial charge on any atom is -0.326 e. The second-order valence-corrected chi connectivity index (χ2v) is 6.94. The highest BCUT2D eigenvalue weighted by Gasteiger charge is 2.43. The molecule has 2 N–H and O–H groups in total. The van der Waals surface area contributed by atoms with Crippen LogP contribution in [0.5, 0.6) is 0 Å². The van der Waals surface area contributed by atoms with Crippen molar-refractivity contribution in [1.29, 1.82) is 0 Å². The molecule has 2 atom stereocenters. The first kappa shape index (κ1) is 19.8. The van der Waals surface area contributed by atoms with Crippen molar-refractivity contribution in [3.05, 3.63) is 35.4 Å². The van der Waals surface area contributed by atoms with Crippen molar-refractivity contribution < 1.29 is 23.6 Å². The fourth-order valence-corrected chi connectivity index (χ4v) is 2.95. The Morgan fingerprint density at radius 1 is 1.26 bits per heavy atom. The Labute approximate surface area is 138 Å². The predicted octanol–water partition coefficient (Wildman–Crippen LogP) is 3.10. The van der Waals surface area contributed by atoms with Gasteiger partial charge in [-0.25, -0.2) is 5.48 Å². The number of benzene rings is 1. The van der Waals surface area contributed by atoms with Crippen molar-refractivity contribution in [1.82, 2.24) is 5.48 Å². The van der Waals surface area contributed by atoms with Crippen molar-refractivity contribution in [2.24, 2.45) is 0 Å². The van der Waals surface area contributed by atoms with Crippen molar-refractivity contribution in [3.8, 4) is 0 Å². The van der Waals surface area contributed by atoms with Crippen LogP contribution in [0.15, 0.2) is 24.3 Å². The summed E-state index contributed by atoms with van der Waals surface area (Å²) >= 11 is 0. The zero-order valence-corrected chi connectivity index (χ0v) is 15.3. The van der Waals surface area contributed by atoms with Gasteiger partial charge in [0.25, 0.3) is 5.91 Å². The molecule has 0 saturated carbocycles. The third kappa shape index (κ3) is 5.15. The molecule has 0 aliphatic carbocycles. The Bertz CT molecular complexity index is 570. The molecule has 130 valence electrons. The second-order valence-electron chi connectivity index (χ2n) is 6.20. The molecule has 0 aromatic heterocycles. The van der Waals surface area contributed by atoms with Crippen LogP contribution in [0.4, 0.5) is 0 Å². The van der Waals surface area contributed by atoms with Gasteiger partial charge in [0.15, 0.2) is 5.60 Å². The van der Waals surface area contributed by atoms with Gasteiger partial charge >= 0.3 is 8.25 Å². The number of hydroxylamine groups is 1. The molecule has 0 heterocycles. The molecule has 1 rings (SSSR count). The molecule has 0 fully saturated rings. The molecule has 23 heavy (non-hydrogen) atoms. The van der Waals surface area contributed by atoms with Crippen LogP contribution in [0.3, 0.4) is 0 Å². The van der Waals surface area contributed by atoms with Gasteiger partial charge in [0.1, 0.15) is 0 Å². The Kier molecular flexibility index (Phi) is 6.96. The highest BCUT2D eigenvalue weighted by molar-refractivity contribution is 7.32. The van der Waals surface area contributed by atoms with Crippen LogP contribution in [0.1, 0.15) is 52.2 Å². The van der Waals surface area contributed by atoms with Gasteiger partial charge < -0.3 is 4.89 Å². The number of hydrogen-bond donors (Lipinski definition) is 2. The van der Waals surface area contributed by atoms with Gasteiger partial charge in [-0.15, -0.1) is 0 Å². The van der Waals surface area contributed by atoms with Gasteiger partial charge in [-0.1, -0.05) is 38.1 Å². The molecule has 0 aliphatic heterocycles. The Hall–Kier alpha value is -1.20. The van der Waals surface area contributed by atoms with E-state index in [-0.39, 0.29) is 6.42 Å².